The molecule has 1 nitrogen and oxygen atoms in total. The molecule has 0 amide bonds. The van der Waals surface area contributed by atoms with Gasteiger partial charge in [-0.1, -0.05) is 30.3 Å². The number of rotatable bonds is 2. The van der Waals surface area contributed by atoms with Gasteiger partial charge in [0.2, 0.25) is 0 Å². The molecule has 0 saturated carbocycles. The Hall–Kier alpha value is -1.19. The summed E-state index contributed by atoms with van der Waals surface area (Å²) in [7, 11) is 0. The molecule has 2 aromatic rings. The first kappa shape index (κ1) is 12.8. The Morgan fingerprint density at radius 2 is 1.74 bits per heavy atom. The van der Waals surface area contributed by atoms with Gasteiger partial charge in [-0.25, -0.2) is 4.39 Å². The minimum absolute atomic E-state index is 0.0516. The molecule has 1 aliphatic rings. The van der Waals surface area contributed by atoms with Crippen LogP contribution in [0.1, 0.15) is 22.7 Å². The molecule has 1 atom stereocenters. The fourth-order valence-electron chi connectivity index (χ4n) is 2.84. The topological polar surface area (TPSA) is 26.0 Å². The van der Waals surface area contributed by atoms with E-state index >= 15 is 0 Å². The van der Waals surface area contributed by atoms with Crippen molar-refractivity contribution in [3.63, 3.8) is 0 Å². The third-order valence-electron chi connectivity index (χ3n) is 3.92. The van der Waals surface area contributed by atoms with E-state index in [0.717, 1.165) is 18.4 Å². The number of hydrogen-bond donors (Lipinski definition) is 1. The van der Waals surface area contributed by atoms with Crippen molar-refractivity contribution in [2.45, 2.75) is 18.9 Å². The predicted octanol–water partition coefficient (Wildman–Crippen LogP) is 4.00. The first-order valence-corrected chi connectivity index (χ1v) is 7.22. The van der Waals surface area contributed by atoms with Crippen LogP contribution in [0, 0.1) is 11.7 Å². The van der Waals surface area contributed by atoms with E-state index in [9.17, 15) is 4.39 Å². The standard InChI is InChI=1S/C16H15BrFN/c17-14-9-12(5-6-15(14)18)16(19)13-7-10-3-1-2-4-11(10)8-13/h1-6,9,13,16H,7-8,19H2. The molecule has 0 heterocycles. The quantitative estimate of drug-likeness (QED) is 0.889. The summed E-state index contributed by atoms with van der Waals surface area (Å²) in [5.74, 6) is 0.153. The summed E-state index contributed by atoms with van der Waals surface area (Å²) in [6.07, 6.45) is 2.01. The van der Waals surface area contributed by atoms with E-state index in [0.29, 0.717) is 10.4 Å². The van der Waals surface area contributed by atoms with Gasteiger partial charge >= 0.3 is 0 Å². The fraction of sp³-hybridized carbons (Fsp3) is 0.250. The van der Waals surface area contributed by atoms with Gasteiger partial charge in [0.15, 0.2) is 0 Å². The van der Waals surface area contributed by atoms with Crippen molar-refractivity contribution in [1.29, 1.82) is 0 Å². The van der Waals surface area contributed by atoms with E-state index in [-0.39, 0.29) is 11.9 Å². The molecule has 2 aromatic carbocycles. The van der Waals surface area contributed by atoms with Crippen LogP contribution in [0.2, 0.25) is 0 Å². The van der Waals surface area contributed by atoms with Gasteiger partial charge in [0.05, 0.1) is 4.47 Å². The molecule has 1 aliphatic carbocycles. The van der Waals surface area contributed by atoms with Gasteiger partial charge in [-0.3, -0.25) is 0 Å². The molecule has 0 bridgehead atoms. The molecule has 3 rings (SSSR count). The second kappa shape index (κ2) is 5.06. The highest BCUT2D eigenvalue weighted by molar-refractivity contribution is 9.10. The van der Waals surface area contributed by atoms with Crippen molar-refractivity contribution in [2.75, 3.05) is 0 Å². The van der Waals surface area contributed by atoms with Crippen molar-refractivity contribution in [2.24, 2.45) is 11.7 Å². The van der Waals surface area contributed by atoms with Crippen LogP contribution in [-0.2, 0) is 12.8 Å². The van der Waals surface area contributed by atoms with Crippen LogP contribution in [0.5, 0.6) is 0 Å². The number of hydrogen-bond acceptors (Lipinski definition) is 1. The number of nitrogens with two attached hydrogens (primary N) is 1. The summed E-state index contributed by atoms with van der Waals surface area (Å²) in [6, 6.07) is 13.5. The maximum atomic E-state index is 13.3. The molecule has 0 saturated heterocycles. The molecule has 1 unspecified atom stereocenters. The van der Waals surface area contributed by atoms with Gasteiger partial charge in [0.25, 0.3) is 0 Å². The Kier molecular flexibility index (Phi) is 3.42. The normalized spacial score (nSPS) is 16.4. The molecule has 3 heteroatoms. The van der Waals surface area contributed by atoms with Crippen LogP contribution in [0.4, 0.5) is 4.39 Å². The fourth-order valence-corrected chi connectivity index (χ4v) is 3.24. The number of halogens is 2. The van der Waals surface area contributed by atoms with E-state index < -0.39 is 0 Å². The van der Waals surface area contributed by atoms with E-state index in [1.807, 2.05) is 0 Å². The van der Waals surface area contributed by atoms with Crippen molar-refractivity contribution in [1.82, 2.24) is 0 Å². The lowest BCUT2D eigenvalue weighted by molar-refractivity contribution is 0.453. The molecular formula is C16H15BrFN. The third-order valence-corrected chi connectivity index (χ3v) is 4.53. The second-order valence-electron chi connectivity index (χ2n) is 5.14. The van der Waals surface area contributed by atoms with E-state index in [1.165, 1.54) is 17.2 Å². The maximum Gasteiger partial charge on any atom is 0.137 e. The monoisotopic (exact) mass is 319 g/mol. The Morgan fingerprint density at radius 3 is 2.32 bits per heavy atom. The minimum atomic E-state index is -0.245. The number of benzene rings is 2. The SMILES string of the molecule is NC(c1ccc(F)c(Br)c1)C1Cc2ccccc2C1. The average molecular weight is 320 g/mol. The predicted molar refractivity (Wildman–Crippen MR) is 78.4 cm³/mol. The van der Waals surface area contributed by atoms with Crippen LogP contribution >= 0.6 is 15.9 Å². The lowest BCUT2D eigenvalue weighted by Gasteiger charge is -2.19. The largest absolute Gasteiger partial charge is 0.324 e. The summed E-state index contributed by atoms with van der Waals surface area (Å²) >= 11 is 3.22. The highest BCUT2D eigenvalue weighted by Gasteiger charge is 2.27. The third kappa shape index (κ3) is 2.45. The van der Waals surface area contributed by atoms with Crippen molar-refractivity contribution in [3.05, 3.63) is 69.4 Å². The van der Waals surface area contributed by atoms with Gasteiger partial charge in [-0.15, -0.1) is 0 Å². The van der Waals surface area contributed by atoms with Crippen LogP contribution < -0.4 is 5.73 Å². The van der Waals surface area contributed by atoms with E-state index in [4.69, 9.17) is 5.73 Å². The average Bonchev–Trinajstić information content (AvgIpc) is 2.85. The number of fused-ring (bicyclic) bond motifs is 1. The Morgan fingerprint density at radius 1 is 1.11 bits per heavy atom. The first-order chi connectivity index (χ1) is 9.15. The van der Waals surface area contributed by atoms with Gasteiger partial charge in [0, 0.05) is 6.04 Å². The van der Waals surface area contributed by atoms with Crippen LogP contribution in [0.25, 0.3) is 0 Å². The summed E-state index contributed by atoms with van der Waals surface area (Å²) in [4.78, 5) is 0. The summed E-state index contributed by atoms with van der Waals surface area (Å²) in [6.45, 7) is 0. The van der Waals surface area contributed by atoms with Gasteiger partial charge in [0.1, 0.15) is 5.82 Å². The highest BCUT2D eigenvalue weighted by atomic mass is 79.9. The lowest BCUT2D eigenvalue weighted by atomic mass is 9.91. The van der Waals surface area contributed by atoms with Crippen molar-refractivity contribution in [3.8, 4) is 0 Å². The molecule has 19 heavy (non-hydrogen) atoms. The lowest BCUT2D eigenvalue weighted by Crippen LogP contribution is -2.21. The van der Waals surface area contributed by atoms with Gasteiger partial charge in [-0.05, 0) is 63.5 Å². The van der Waals surface area contributed by atoms with Crippen molar-refractivity contribution >= 4 is 15.9 Å². The van der Waals surface area contributed by atoms with Gasteiger partial charge < -0.3 is 5.73 Å². The Labute approximate surface area is 120 Å². The molecular weight excluding hydrogens is 305 g/mol. The molecule has 0 aromatic heterocycles. The van der Waals surface area contributed by atoms with Crippen LogP contribution in [0.15, 0.2) is 46.9 Å². The smallest absolute Gasteiger partial charge is 0.137 e. The Balaban J connectivity index is 1.82. The second-order valence-corrected chi connectivity index (χ2v) is 5.99. The zero-order valence-corrected chi connectivity index (χ0v) is 12.0. The van der Waals surface area contributed by atoms with E-state index in [2.05, 4.69) is 40.2 Å². The molecule has 0 fully saturated rings. The van der Waals surface area contributed by atoms with Crippen molar-refractivity contribution < 1.29 is 4.39 Å². The maximum absolute atomic E-state index is 13.3. The first-order valence-electron chi connectivity index (χ1n) is 6.42. The zero-order chi connectivity index (χ0) is 13.4. The summed E-state index contributed by atoms with van der Waals surface area (Å²) in [5, 5.41) is 0. The van der Waals surface area contributed by atoms with E-state index in [1.54, 1.807) is 12.1 Å². The molecule has 0 radical (unpaired) electrons. The highest BCUT2D eigenvalue weighted by Crippen LogP contribution is 2.34. The van der Waals surface area contributed by atoms with Crippen LogP contribution in [-0.4, -0.2) is 0 Å². The Bertz CT molecular complexity index is 586. The molecule has 0 aliphatic heterocycles. The molecule has 98 valence electrons. The summed E-state index contributed by atoms with van der Waals surface area (Å²) < 4.78 is 13.7. The molecule has 0 spiro atoms. The minimum Gasteiger partial charge on any atom is -0.324 e. The van der Waals surface area contributed by atoms with Gasteiger partial charge in [-0.2, -0.15) is 0 Å². The molecule has 2 N–H and O–H groups in total. The van der Waals surface area contributed by atoms with Crippen LogP contribution in [0.3, 0.4) is 0 Å². The zero-order valence-electron chi connectivity index (χ0n) is 10.4. The summed E-state index contributed by atoms with van der Waals surface area (Å²) in [5.41, 5.74) is 10.1.